The molecule has 0 bridgehead atoms. The number of rotatable bonds is 5. The Hall–Kier alpha value is -3.31. The second kappa shape index (κ2) is 8.97. The Labute approximate surface area is 203 Å². The van der Waals surface area contributed by atoms with Crippen LogP contribution in [0.3, 0.4) is 0 Å². The number of aliphatic hydroxyl groups is 1. The van der Waals surface area contributed by atoms with Gasteiger partial charge in [-0.3, -0.25) is 14.4 Å². The molecule has 11 heteroatoms. The zero-order valence-corrected chi connectivity index (χ0v) is 19.0. The largest absolute Gasteiger partial charge is 0.390 e. The number of alkyl halides is 3. The van der Waals surface area contributed by atoms with Crippen molar-refractivity contribution in [1.82, 2.24) is 14.7 Å². The highest BCUT2D eigenvalue weighted by molar-refractivity contribution is 5.94. The van der Waals surface area contributed by atoms with Crippen LogP contribution >= 0.6 is 0 Å². The van der Waals surface area contributed by atoms with Crippen LogP contribution in [-0.4, -0.2) is 51.1 Å². The number of hydrogen-bond acceptors (Lipinski definition) is 4. The summed E-state index contributed by atoms with van der Waals surface area (Å²) >= 11 is 0. The summed E-state index contributed by atoms with van der Waals surface area (Å²) < 4.78 is 68.7. The summed E-state index contributed by atoms with van der Waals surface area (Å²) in [4.78, 5) is 13.4. The highest BCUT2D eigenvalue weighted by Gasteiger charge is 2.39. The number of primary amides is 1. The SMILES string of the molecule is NC(=O)c1cccc(-c2nn(C3c4cc(F)cc(F)c4CC3O)c3c2CN(CCC(F)(F)F)CC3)c1. The van der Waals surface area contributed by atoms with Crippen LogP contribution in [-0.2, 0) is 19.4 Å². The van der Waals surface area contributed by atoms with Crippen LogP contribution in [0.25, 0.3) is 11.3 Å². The molecule has 2 aliphatic rings. The summed E-state index contributed by atoms with van der Waals surface area (Å²) in [5.74, 6) is -2.18. The lowest BCUT2D eigenvalue weighted by atomic mass is 9.98. The third-order valence-corrected chi connectivity index (χ3v) is 6.85. The van der Waals surface area contributed by atoms with Gasteiger partial charge in [0.15, 0.2) is 0 Å². The molecule has 0 saturated heterocycles. The number of aliphatic hydroxyl groups excluding tert-OH is 1. The summed E-state index contributed by atoms with van der Waals surface area (Å²) in [7, 11) is 0. The van der Waals surface area contributed by atoms with Gasteiger partial charge in [0.25, 0.3) is 0 Å². The number of hydrogen-bond donors (Lipinski definition) is 2. The van der Waals surface area contributed by atoms with Gasteiger partial charge >= 0.3 is 6.18 Å². The van der Waals surface area contributed by atoms with Crippen LogP contribution in [0.5, 0.6) is 0 Å². The van der Waals surface area contributed by atoms with Gasteiger partial charge in [-0.1, -0.05) is 12.1 Å². The number of benzene rings is 2. The monoisotopic (exact) mass is 506 g/mol. The average Bonchev–Trinajstić information content (AvgIpc) is 3.34. The number of nitrogens with zero attached hydrogens (tertiary/aromatic N) is 3. The number of nitrogens with two attached hydrogens (primary N) is 1. The van der Waals surface area contributed by atoms with Crippen LogP contribution in [0.4, 0.5) is 22.0 Å². The predicted octanol–water partition coefficient (Wildman–Crippen LogP) is 3.74. The Balaban J connectivity index is 1.62. The second-order valence-electron chi connectivity index (χ2n) is 9.23. The van der Waals surface area contributed by atoms with Gasteiger partial charge in [0.2, 0.25) is 5.91 Å². The summed E-state index contributed by atoms with van der Waals surface area (Å²) in [5, 5.41) is 15.6. The quantitative estimate of drug-likeness (QED) is 0.517. The van der Waals surface area contributed by atoms with Crippen molar-refractivity contribution in [3.05, 3.63) is 76.0 Å². The van der Waals surface area contributed by atoms with Gasteiger partial charge in [0.1, 0.15) is 17.7 Å². The molecule has 1 aromatic heterocycles. The Bertz CT molecular complexity index is 1340. The normalized spacial score (nSPS) is 19.8. The van der Waals surface area contributed by atoms with E-state index in [4.69, 9.17) is 10.8 Å². The highest BCUT2D eigenvalue weighted by Crippen LogP contribution is 2.40. The molecule has 0 fully saturated rings. The van der Waals surface area contributed by atoms with Crippen molar-refractivity contribution in [3.63, 3.8) is 0 Å². The zero-order valence-electron chi connectivity index (χ0n) is 19.0. The maximum absolute atomic E-state index is 14.5. The molecule has 2 heterocycles. The molecular weight excluding hydrogens is 483 g/mol. The molecule has 2 aromatic carbocycles. The highest BCUT2D eigenvalue weighted by atomic mass is 19.4. The van der Waals surface area contributed by atoms with Crippen LogP contribution < -0.4 is 5.73 Å². The Morgan fingerprint density at radius 2 is 1.94 bits per heavy atom. The van der Waals surface area contributed by atoms with Gasteiger partial charge in [0, 0.05) is 60.9 Å². The second-order valence-corrected chi connectivity index (χ2v) is 9.23. The molecule has 1 aliphatic heterocycles. The first-order valence-corrected chi connectivity index (χ1v) is 11.5. The summed E-state index contributed by atoms with van der Waals surface area (Å²) in [5.41, 5.74) is 8.39. The van der Waals surface area contributed by atoms with Crippen molar-refractivity contribution in [2.75, 3.05) is 13.1 Å². The van der Waals surface area contributed by atoms with Crippen molar-refractivity contribution in [2.24, 2.45) is 5.73 Å². The number of aromatic nitrogens is 2. The Morgan fingerprint density at radius 3 is 2.67 bits per heavy atom. The number of fused-ring (bicyclic) bond motifs is 2. The van der Waals surface area contributed by atoms with E-state index in [1.807, 2.05) is 0 Å². The van der Waals surface area contributed by atoms with Gasteiger partial charge in [-0.05, 0) is 29.3 Å². The lowest BCUT2D eigenvalue weighted by Crippen LogP contribution is -2.35. The first kappa shape index (κ1) is 24.4. The summed E-state index contributed by atoms with van der Waals surface area (Å²) in [6.45, 7) is 0.289. The van der Waals surface area contributed by atoms with Crippen molar-refractivity contribution >= 4 is 5.91 Å². The molecule has 0 spiro atoms. The van der Waals surface area contributed by atoms with Gasteiger partial charge in [0.05, 0.1) is 18.2 Å². The lowest BCUT2D eigenvalue weighted by molar-refractivity contribution is -0.138. The number of amides is 1. The minimum absolute atomic E-state index is 0.0229. The van der Waals surface area contributed by atoms with E-state index in [-0.39, 0.29) is 36.2 Å². The van der Waals surface area contributed by atoms with E-state index in [0.717, 1.165) is 6.07 Å². The van der Waals surface area contributed by atoms with E-state index in [0.29, 0.717) is 35.5 Å². The maximum Gasteiger partial charge on any atom is 0.390 e. The fourth-order valence-electron chi connectivity index (χ4n) is 5.18. The molecular formula is C25H23F5N4O2. The molecule has 3 aromatic rings. The van der Waals surface area contributed by atoms with E-state index in [2.05, 4.69) is 0 Å². The maximum atomic E-state index is 14.5. The first-order chi connectivity index (χ1) is 17.0. The minimum atomic E-state index is -4.30. The van der Waals surface area contributed by atoms with Crippen LogP contribution in [0, 0.1) is 11.6 Å². The summed E-state index contributed by atoms with van der Waals surface area (Å²) in [6, 6.07) is 7.48. The van der Waals surface area contributed by atoms with Crippen molar-refractivity contribution < 1.29 is 31.9 Å². The molecule has 0 radical (unpaired) electrons. The Kier molecular flexibility index (Phi) is 6.08. The van der Waals surface area contributed by atoms with Crippen LogP contribution in [0.2, 0.25) is 0 Å². The molecule has 6 nitrogen and oxygen atoms in total. The molecule has 36 heavy (non-hydrogen) atoms. The molecule has 3 N–H and O–H groups in total. The fourth-order valence-corrected chi connectivity index (χ4v) is 5.18. The van der Waals surface area contributed by atoms with Gasteiger partial charge in [-0.25, -0.2) is 8.78 Å². The van der Waals surface area contributed by atoms with Crippen LogP contribution in [0.15, 0.2) is 36.4 Å². The van der Waals surface area contributed by atoms with E-state index in [1.165, 1.54) is 16.8 Å². The zero-order chi connectivity index (χ0) is 25.8. The smallest absolute Gasteiger partial charge is 0.390 e. The Morgan fingerprint density at radius 1 is 1.17 bits per heavy atom. The van der Waals surface area contributed by atoms with Crippen molar-refractivity contribution in [3.8, 4) is 11.3 Å². The topological polar surface area (TPSA) is 84.4 Å². The number of carbonyl (C=O) groups excluding carboxylic acids is 1. The van der Waals surface area contributed by atoms with E-state index >= 15 is 0 Å². The van der Waals surface area contributed by atoms with Gasteiger partial charge in [-0.15, -0.1) is 0 Å². The fraction of sp³-hybridized carbons (Fsp3) is 0.360. The van der Waals surface area contributed by atoms with Crippen molar-refractivity contribution in [2.45, 2.75) is 44.1 Å². The number of halogens is 5. The van der Waals surface area contributed by atoms with Crippen molar-refractivity contribution in [1.29, 1.82) is 0 Å². The van der Waals surface area contributed by atoms with Gasteiger partial charge in [-0.2, -0.15) is 18.3 Å². The predicted molar refractivity (Wildman–Crippen MR) is 120 cm³/mol. The molecule has 1 aliphatic carbocycles. The summed E-state index contributed by atoms with van der Waals surface area (Å²) in [6.07, 6.45) is -6.03. The van der Waals surface area contributed by atoms with E-state index in [1.54, 1.807) is 23.1 Å². The molecule has 2 unspecified atom stereocenters. The molecule has 2 atom stereocenters. The van der Waals surface area contributed by atoms with Crippen LogP contribution in [0.1, 0.15) is 45.2 Å². The number of carbonyl (C=O) groups is 1. The standard InChI is InChI=1S/C25H23F5N4O2/c26-15-9-17-16(19(27)10-15)11-21(35)23(17)34-20-4-6-33(7-5-25(28,29)30)12-18(20)22(32-34)13-2-1-3-14(8-13)24(31)36/h1-3,8-10,21,23,35H,4-7,11-12H2,(H2,31,36). The molecule has 1 amide bonds. The van der Waals surface area contributed by atoms with Gasteiger partial charge < -0.3 is 10.8 Å². The third kappa shape index (κ3) is 4.48. The minimum Gasteiger partial charge on any atom is -0.390 e. The first-order valence-electron chi connectivity index (χ1n) is 11.5. The van der Waals surface area contributed by atoms with E-state index in [9.17, 15) is 31.9 Å². The molecule has 190 valence electrons. The van der Waals surface area contributed by atoms with E-state index < -0.39 is 42.3 Å². The average molecular weight is 506 g/mol. The molecule has 5 rings (SSSR count). The molecule has 0 saturated carbocycles. The third-order valence-electron chi connectivity index (χ3n) is 6.85. The lowest BCUT2D eigenvalue weighted by Gasteiger charge is -2.29.